The molecule has 0 aliphatic heterocycles. The minimum absolute atomic E-state index is 0.00846. The van der Waals surface area contributed by atoms with Gasteiger partial charge in [0.1, 0.15) is 18.3 Å². The van der Waals surface area contributed by atoms with Crippen molar-refractivity contribution in [1.29, 1.82) is 0 Å². The number of hydrogen-bond donors (Lipinski definition) is 3. The number of rotatable bonds is 15. The van der Waals surface area contributed by atoms with Gasteiger partial charge >= 0.3 is 5.97 Å². The van der Waals surface area contributed by atoms with E-state index in [4.69, 9.17) is 4.74 Å². The van der Waals surface area contributed by atoms with Crippen LogP contribution in [0.5, 0.6) is 0 Å². The zero-order valence-corrected chi connectivity index (χ0v) is 21.0. The summed E-state index contributed by atoms with van der Waals surface area (Å²) < 4.78 is 6.00. The van der Waals surface area contributed by atoms with Crippen molar-refractivity contribution < 1.29 is 23.9 Å². The maximum absolute atomic E-state index is 12.8. The molecule has 3 amide bonds. The standard InChI is InChI=1S/C24H37N5O6/c1-5-28(6-2)16-14-25-21(31)17-29-15-10-12-20(24(29)34)27-23(33)19(26-18(4)30)11-8-9-13-22(32)35-7-3/h9-10,12-13,15,19H,5-8,11,14,16-17H2,1-4H3,(H,25,31)(H,26,30)(H,27,33). The van der Waals surface area contributed by atoms with Crippen LogP contribution in [0.3, 0.4) is 0 Å². The van der Waals surface area contributed by atoms with Crippen LogP contribution in [0.15, 0.2) is 35.3 Å². The number of nitrogens with one attached hydrogen (secondary N) is 3. The minimum atomic E-state index is -0.921. The maximum Gasteiger partial charge on any atom is 0.330 e. The molecule has 0 saturated carbocycles. The second-order valence-corrected chi connectivity index (χ2v) is 7.71. The lowest BCUT2D eigenvalue weighted by Crippen LogP contribution is -2.44. The summed E-state index contributed by atoms with van der Waals surface area (Å²) in [4.78, 5) is 62.9. The first kappa shape index (κ1) is 29.6. The highest BCUT2D eigenvalue weighted by molar-refractivity contribution is 5.96. The van der Waals surface area contributed by atoms with Crippen LogP contribution in [0.4, 0.5) is 5.69 Å². The molecule has 0 fully saturated rings. The molecular formula is C24H37N5O6. The first-order valence-electron chi connectivity index (χ1n) is 11.8. The lowest BCUT2D eigenvalue weighted by molar-refractivity contribution is -0.137. The average molecular weight is 492 g/mol. The molecule has 11 nitrogen and oxygen atoms in total. The molecule has 1 heterocycles. The van der Waals surface area contributed by atoms with Crippen molar-refractivity contribution in [3.05, 3.63) is 40.8 Å². The lowest BCUT2D eigenvalue weighted by atomic mass is 10.1. The Balaban J connectivity index is 2.77. The van der Waals surface area contributed by atoms with Crippen molar-refractivity contribution in [3.8, 4) is 0 Å². The number of nitrogens with zero attached hydrogens (tertiary/aromatic N) is 2. The summed E-state index contributed by atoms with van der Waals surface area (Å²) in [6.07, 6.45) is 4.80. The van der Waals surface area contributed by atoms with Crippen molar-refractivity contribution in [2.45, 2.75) is 53.1 Å². The van der Waals surface area contributed by atoms with Gasteiger partial charge in [-0.05, 0) is 45.0 Å². The molecule has 35 heavy (non-hydrogen) atoms. The van der Waals surface area contributed by atoms with Crippen molar-refractivity contribution in [2.75, 3.05) is 38.1 Å². The molecular weight excluding hydrogens is 454 g/mol. The molecule has 0 bridgehead atoms. The van der Waals surface area contributed by atoms with Crippen LogP contribution in [0.1, 0.15) is 40.5 Å². The smallest absolute Gasteiger partial charge is 0.330 e. The topological polar surface area (TPSA) is 139 Å². The molecule has 1 atom stereocenters. The van der Waals surface area contributed by atoms with Crippen molar-refractivity contribution in [3.63, 3.8) is 0 Å². The largest absolute Gasteiger partial charge is 0.463 e. The Labute approximate surface area is 205 Å². The Morgan fingerprint density at radius 1 is 1.17 bits per heavy atom. The molecule has 0 aromatic carbocycles. The van der Waals surface area contributed by atoms with Gasteiger partial charge in [-0.1, -0.05) is 19.9 Å². The van der Waals surface area contributed by atoms with Crippen molar-refractivity contribution in [1.82, 2.24) is 20.1 Å². The summed E-state index contributed by atoms with van der Waals surface area (Å²) in [5.41, 5.74) is -0.547. The molecule has 0 aliphatic rings. The quantitative estimate of drug-likeness (QED) is 0.242. The van der Waals surface area contributed by atoms with E-state index in [9.17, 15) is 24.0 Å². The monoisotopic (exact) mass is 491 g/mol. The first-order valence-corrected chi connectivity index (χ1v) is 11.8. The number of pyridine rings is 1. The third kappa shape index (κ3) is 11.5. The van der Waals surface area contributed by atoms with Gasteiger partial charge in [0, 0.05) is 32.3 Å². The van der Waals surface area contributed by atoms with E-state index in [1.54, 1.807) is 19.1 Å². The molecule has 0 saturated heterocycles. The van der Waals surface area contributed by atoms with Crippen molar-refractivity contribution >= 4 is 29.4 Å². The summed E-state index contributed by atoms with van der Waals surface area (Å²) in [6.45, 7) is 10.1. The molecule has 1 unspecified atom stereocenters. The number of aromatic nitrogens is 1. The molecule has 0 radical (unpaired) electrons. The number of anilines is 1. The Morgan fingerprint density at radius 2 is 1.89 bits per heavy atom. The highest BCUT2D eigenvalue weighted by atomic mass is 16.5. The molecule has 0 spiro atoms. The van der Waals surface area contributed by atoms with E-state index in [0.29, 0.717) is 19.5 Å². The van der Waals surface area contributed by atoms with E-state index in [2.05, 4.69) is 20.9 Å². The van der Waals surface area contributed by atoms with Crippen LogP contribution in [0, 0.1) is 0 Å². The highest BCUT2D eigenvalue weighted by Gasteiger charge is 2.20. The van der Waals surface area contributed by atoms with Gasteiger partial charge in [0.25, 0.3) is 5.56 Å². The molecule has 1 aromatic rings. The van der Waals surface area contributed by atoms with Gasteiger partial charge in [-0.2, -0.15) is 0 Å². The fourth-order valence-corrected chi connectivity index (χ4v) is 3.23. The lowest BCUT2D eigenvalue weighted by Gasteiger charge is -2.18. The van der Waals surface area contributed by atoms with Gasteiger partial charge < -0.3 is 30.2 Å². The third-order valence-corrected chi connectivity index (χ3v) is 5.09. The van der Waals surface area contributed by atoms with Gasteiger partial charge in [-0.25, -0.2) is 4.79 Å². The molecule has 1 rings (SSSR count). The summed E-state index contributed by atoms with van der Waals surface area (Å²) in [7, 11) is 0. The normalized spacial score (nSPS) is 11.8. The van der Waals surface area contributed by atoms with Gasteiger partial charge in [-0.3, -0.25) is 19.2 Å². The number of carbonyl (C=O) groups is 4. The number of carbonyl (C=O) groups excluding carboxylic acids is 4. The second-order valence-electron chi connectivity index (χ2n) is 7.71. The summed E-state index contributed by atoms with van der Waals surface area (Å²) >= 11 is 0. The zero-order chi connectivity index (χ0) is 26.2. The van der Waals surface area contributed by atoms with Crippen LogP contribution in [-0.2, 0) is 30.5 Å². The molecule has 11 heteroatoms. The molecule has 1 aromatic heterocycles. The first-order chi connectivity index (χ1) is 16.7. The van der Waals surface area contributed by atoms with Crippen molar-refractivity contribution in [2.24, 2.45) is 0 Å². The van der Waals surface area contributed by atoms with Gasteiger partial charge in [0.15, 0.2) is 0 Å². The number of esters is 1. The number of allylic oxidation sites excluding steroid dienone is 1. The van der Waals surface area contributed by atoms with E-state index in [1.165, 1.54) is 29.8 Å². The molecule has 194 valence electrons. The van der Waals surface area contributed by atoms with Crippen LogP contribution in [0.25, 0.3) is 0 Å². The fraction of sp³-hybridized carbons (Fsp3) is 0.542. The van der Waals surface area contributed by atoms with Gasteiger partial charge in [0.05, 0.1) is 6.61 Å². The maximum atomic E-state index is 12.8. The number of amides is 3. The SMILES string of the molecule is CCOC(=O)C=CCCC(NC(C)=O)C(=O)Nc1cccn(CC(=O)NCCN(CC)CC)c1=O. The van der Waals surface area contributed by atoms with E-state index < -0.39 is 29.4 Å². The average Bonchev–Trinajstić information content (AvgIpc) is 2.81. The Morgan fingerprint density at radius 3 is 2.51 bits per heavy atom. The molecule has 0 aliphatic carbocycles. The minimum Gasteiger partial charge on any atom is -0.463 e. The predicted octanol–water partition coefficient (Wildman–Crippen LogP) is 0.649. The summed E-state index contributed by atoms with van der Waals surface area (Å²) in [6, 6.07) is 2.06. The Kier molecular flexibility index (Phi) is 13.7. The predicted molar refractivity (Wildman–Crippen MR) is 133 cm³/mol. The van der Waals surface area contributed by atoms with E-state index >= 15 is 0 Å². The summed E-state index contributed by atoms with van der Waals surface area (Å²) in [5, 5.41) is 7.86. The van der Waals surface area contributed by atoms with Gasteiger partial charge in [0.2, 0.25) is 17.7 Å². The zero-order valence-electron chi connectivity index (χ0n) is 21.0. The van der Waals surface area contributed by atoms with E-state index in [1.807, 2.05) is 13.8 Å². The second kappa shape index (κ2) is 16.2. The number of hydrogen-bond acceptors (Lipinski definition) is 7. The van der Waals surface area contributed by atoms with Crippen LogP contribution < -0.4 is 21.5 Å². The van der Waals surface area contributed by atoms with Crippen LogP contribution in [-0.4, -0.2) is 72.0 Å². The number of likely N-dealkylation sites (N-methyl/N-ethyl adjacent to an activating group) is 1. The number of ether oxygens (including phenoxy) is 1. The van der Waals surface area contributed by atoms with Crippen LogP contribution in [0.2, 0.25) is 0 Å². The van der Waals surface area contributed by atoms with E-state index in [0.717, 1.165) is 13.1 Å². The van der Waals surface area contributed by atoms with Gasteiger partial charge in [-0.15, -0.1) is 0 Å². The molecule has 3 N–H and O–H groups in total. The fourth-order valence-electron chi connectivity index (χ4n) is 3.23. The Hall–Kier alpha value is -3.47. The van der Waals surface area contributed by atoms with Crippen LogP contribution >= 0.6 is 0 Å². The highest BCUT2D eigenvalue weighted by Crippen LogP contribution is 2.05. The van der Waals surface area contributed by atoms with E-state index in [-0.39, 0.29) is 31.2 Å². The summed E-state index contributed by atoms with van der Waals surface area (Å²) in [5.74, 6) is -1.79. The third-order valence-electron chi connectivity index (χ3n) is 5.09. The Bertz CT molecular complexity index is 939.